The van der Waals surface area contributed by atoms with Crippen LogP contribution in [0.3, 0.4) is 0 Å². The zero-order valence-electron chi connectivity index (χ0n) is 9.14. The maximum atomic E-state index is 5.64. The maximum absolute atomic E-state index is 5.64. The van der Waals surface area contributed by atoms with E-state index in [4.69, 9.17) is 4.42 Å². The summed E-state index contributed by atoms with van der Waals surface area (Å²) in [7, 11) is 0. The first-order valence-corrected chi connectivity index (χ1v) is 6.48. The Morgan fingerprint density at radius 1 is 1.31 bits per heavy atom. The summed E-state index contributed by atoms with van der Waals surface area (Å²) in [6.07, 6.45) is 5.62. The standard InChI is InChI=1S/C12H14N2OS/c1-16-9-12-5-4-11(15-12)8-14-10-3-2-6-13-7-10/h2-7,14H,8-9H2,1H3. The number of nitrogens with zero attached hydrogens (tertiary/aromatic N) is 1. The van der Waals surface area contributed by atoms with E-state index in [1.807, 2.05) is 24.3 Å². The minimum atomic E-state index is 0.695. The average Bonchev–Trinajstić information content (AvgIpc) is 2.76. The second-order valence-corrected chi connectivity index (χ2v) is 4.26. The van der Waals surface area contributed by atoms with Crippen LogP contribution in [0.4, 0.5) is 5.69 Å². The fraction of sp³-hybridized carbons (Fsp3) is 0.250. The second kappa shape index (κ2) is 5.61. The lowest BCUT2D eigenvalue weighted by molar-refractivity contribution is 0.487. The van der Waals surface area contributed by atoms with Gasteiger partial charge in [0.25, 0.3) is 0 Å². The molecule has 2 aromatic heterocycles. The lowest BCUT2D eigenvalue weighted by atomic mass is 10.4. The number of furan rings is 1. The van der Waals surface area contributed by atoms with E-state index in [9.17, 15) is 0 Å². The molecule has 0 fully saturated rings. The zero-order valence-corrected chi connectivity index (χ0v) is 9.96. The summed E-state index contributed by atoms with van der Waals surface area (Å²) in [4.78, 5) is 4.04. The van der Waals surface area contributed by atoms with E-state index in [0.29, 0.717) is 6.54 Å². The second-order valence-electron chi connectivity index (χ2n) is 3.40. The zero-order chi connectivity index (χ0) is 11.2. The predicted octanol–water partition coefficient (Wildman–Crippen LogP) is 3.15. The molecular formula is C12H14N2OS. The number of pyridine rings is 1. The van der Waals surface area contributed by atoms with Crippen molar-refractivity contribution in [3.63, 3.8) is 0 Å². The van der Waals surface area contributed by atoms with Crippen LogP contribution in [0, 0.1) is 0 Å². The lowest BCUT2D eigenvalue weighted by Gasteiger charge is -2.02. The quantitative estimate of drug-likeness (QED) is 0.862. The molecule has 2 aromatic rings. The average molecular weight is 234 g/mol. The molecule has 4 heteroatoms. The number of anilines is 1. The fourth-order valence-electron chi connectivity index (χ4n) is 1.39. The van der Waals surface area contributed by atoms with Gasteiger partial charge in [0, 0.05) is 12.4 Å². The predicted molar refractivity (Wildman–Crippen MR) is 67.5 cm³/mol. The highest BCUT2D eigenvalue weighted by Gasteiger charge is 2.01. The highest BCUT2D eigenvalue weighted by atomic mass is 32.2. The van der Waals surface area contributed by atoms with E-state index < -0.39 is 0 Å². The number of nitrogens with one attached hydrogen (secondary N) is 1. The summed E-state index contributed by atoms with van der Waals surface area (Å²) in [5.74, 6) is 2.90. The first-order valence-electron chi connectivity index (χ1n) is 5.09. The van der Waals surface area contributed by atoms with Crippen molar-refractivity contribution in [3.8, 4) is 0 Å². The first kappa shape index (κ1) is 11.1. The van der Waals surface area contributed by atoms with Gasteiger partial charge in [-0.15, -0.1) is 0 Å². The molecule has 0 spiro atoms. The summed E-state index contributed by atoms with van der Waals surface area (Å²) in [6, 6.07) is 7.92. The van der Waals surface area contributed by atoms with Gasteiger partial charge in [0.05, 0.1) is 18.0 Å². The van der Waals surface area contributed by atoms with Crippen LogP contribution in [0.2, 0.25) is 0 Å². The SMILES string of the molecule is CSCc1ccc(CNc2cccnc2)o1. The molecule has 16 heavy (non-hydrogen) atoms. The molecule has 0 saturated heterocycles. The number of aromatic nitrogens is 1. The molecule has 0 saturated carbocycles. The fourth-order valence-corrected chi connectivity index (χ4v) is 1.83. The Hall–Kier alpha value is -1.42. The van der Waals surface area contributed by atoms with Crippen molar-refractivity contribution in [1.82, 2.24) is 4.98 Å². The summed E-state index contributed by atoms with van der Waals surface area (Å²) in [5, 5.41) is 3.25. The van der Waals surface area contributed by atoms with Crippen molar-refractivity contribution in [2.24, 2.45) is 0 Å². The van der Waals surface area contributed by atoms with Crippen LogP contribution in [0.15, 0.2) is 41.1 Å². The maximum Gasteiger partial charge on any atom is 0.123 e. The molecule has 2 heterocycles. The molecule has 0 atom stereocenters. The molecule has 0 radical (unpaired) electrons. The molecule has 3 nitrogen and oxygen atoms in total. The summed E-state index contributed by atoms with van der Waals surface area (Å²) in [5.41, 5.74) is 1.00. The molecular weight excluding hydrogens is 220 g/mol. The van der Waals surface area contributed by atoms with Crippen molar-refractivity contribution < 1.29 is 4.42 Å². The molecule has 0 aliphatic heterocycles. The Balaban J connectivity index is 1.89. The molecule has 0 amide bonds. The molecule has 0 aromatic carbocycles. The van der Waals surface area contributed by atoms with Crippen LogP contribution in [-0.2, 0) is 12.3 Å². The smallest absolute Gasteiger partial charge is 0.123 e. The van der Waals surface area contributed by atoms with Gasteiger partial charge < -0.3 is 9.73 Å². The molecule has 84 valence electrons. The van der Waals surface area contributed by atoms with E-state index in [2.05, 4.69) is 16.6 Å². The van der Waals surface area contributed by atoms with Crippen LogP contribution in [0.25, 0.3) is 0 Å². The van der Waals surface area contributed by atoms with E-state index in [1.54, 1.807) is 24.2 Å². The lowest BCUT2D eigenvalue weighted by Crippen LogP contribution is -1.97. The van der Waals surface area contributed by atoms with Crippen molar-refractivity contribution in [1.29, 1.82) is 0 Å². The third-order valence-corrected chi connectivity index (χ3v) is 2.71. The van der Waals surface area contributed by atoms with Gasteiger partial charge in [-0.25, -0.2) is 0 Å². The van der Waals surface area contributed by atoms with Gasteiger partial charge in [-0.3, -0.25) is 4.98 Å². The summed E-state index contributed by atoms with van der Waals surface area (Å²) >= 11 is 1.76. The van der Waals surface area contributed by atoms with Crippen molar-refractivity contribution in [2.75, 3.05) is 11.6 Å². The van der Waals surface area contributed by atoms with Crippen LogP contribution >= 0.6 is 11.8 Å². The van der Waals surface area contributed by atoms with Gasteiger partial charge in [-0.05, 0) is 30.5 Å². The number of hydrogen-bond acceptors (Lipinski definition) is 4. The van der Waals surface area contributed by atoms with Crippen LogP contribution < -0.4 is 5.32 Å². The molecule has 0 bridgehead atoms. The van der Waals surface area contributed by atoms with E-state index >= 15 is 0 Å². The van der Waals surface area contributed by atoms with E-state index in [1.165, 1.54) is 0 Å². The molecule has 2 rings (SSSR count). The normalized spacial score (nSPS) is 10.3. The van der Waals surface area contributed by atoms with Crippen molar-refractivity contribution in [2.45, 2.75) is 12.3 Å². The van der Waals surface area contributed by atoms with Crippen LogP contribution in [0.5, 0.6) is 0 Å². The first-order chi connectivity index (χ1) is 7.88. The Kier molecular flexibility index (Phi) is 3.88. The van der Waals surface area contributed by atoms with Gasteiger partial charge in [-0.2, -0.15) is 11.8 Å². The van der Waals surface area contributed by atoms with Gasteiger partial charge in [0.15, 0.2) is 0 Å². The van der Waals surface area contributed by atoms with Gasteiger partial charge in [0.2, 0.25) is 0 Å². The van der Waals surface area contributed by atoms with Crippen LogP contribution in [-0.4, -0.2) is 11.2 Å². The van der Waals surface area contributed by atoms with Crippen LogP contribution in [0.1, 0.15) is 11.5 Å². The van der Waals surface area contributed by atoms with E-state index in [0.717, 1.165) is 23.0 Å². The number of thioether (sulfide) groups is 1. The Labute approximate surface area is 99.3 Å². The largest absolute Gasteiger partial charge is 0.463 e. The van der Waals surface area contributed by atoms with Gasteiger partial charge in [0.1, 0.15) is 11.5 Å². The molecule has 0 aliphatic rings. The Morgan fingerprint density at radius 3 is 2.94 bits per heavy atom. The Bertz CT molecular complexity index is 428. The topological polar surface area (TPSA) is 38.1 Å². The van der Waals surface area contributed by atoms with E-state index in [-0.39, 0.29) is 0 Å². The third-order valence-electron chi connectivity index (χ3n) is 2.13. The third kappa shape index (κ3) is 3.03. The minimum absolute atomic E-state index is 0.695. The Morgan fingerprint density at radius 2 is 2.19 bits per heavy atom. The highest BCUT2D eigenvalue weighted by molar-refractivity contribution is 7.97. The summed E-state index contributed by atoms with van der Waals surface area (Å²) < 4.78 is 5.64. The molecule has 1 N–H and O–H groups in total. The highest BCUT2D eigenvalue weighted by Crippen LogP contribution is 2.14. The summed E-state index contributed by atoms with van der Waals surface area (Å²) in [6.45, 7) is 0.695. The number of hydrogen-bond donors (Lipinski definition) is 1. The van der Waals surface area contributed by atoms with Gasteiger partial charge >= 0.3 is 0 Å². The molecule has 0 unspecified atom stereocenters. The monoisotopic (exact) mass is 234 g/mol. The van der Waals surface area contributed by atoms with Crippen molar-refractivity contribution >= 4 is 17.4 Å². The van der Waals surface area contributed by atoms with Crippen molar-refractivity contribution in [3.05, 3.63) is 48.2 Å². The molecule has 0 aliphatic carbocycles. The number of rotatable bonds is 5. The van der Waals surface area contributed by atoms with Gasteiger partial charge in [-0.1, -0.05) is 0 Å². The minimum Gasteiger partial charge on any atom is -0.463 e.